The summed E-state index contributed by atoms with van der Waals surface area (Å²) in [6, 6.07) is 11.0. The second kappa shape index (κ2) is 6.57. The van der Waals surface area contributed by atoms with E-state index in [-0.39, 0.29) is 0 Å². The van der Waals surface area contributed by atoms with Crippen LogP contribution in [-0.4, -0.2) is 13.1 Å². The zero-order valence-electron chi connectivity index (χ0n) is 10.8. The first-order valence-electron chi connectivity index (χ1n) is 6.18. The maximum Gasteiger partial charge on any atom is 0.119 e. The van der Waals surface area contributed by atoms with Gasteiger partial charge in [-0.1, -0.05) is 12.1 Å². The minimum Gasteiger partial charge on any atom is -0.489 e. The van der Waals surface area contributed by atoms with Crippen molar-refractivity contribution in [2.45, 2.75) is 26.0 Å². The summed E-state index contributed by atoms with van der Waals surface area (Å²) >= 11 is 1.70. The van der Waals surface area contributed by atoms with Crippen LogP contribution in [0.1, 0.15) is 18.1 Å². The molecule has 0 spiro atoms. The first-order chi connectivity index (χ1) is 8.78. The van der Waals surface area contributed by atoms with E-state index >= 15 is 0 Å². The summed E-state index contributed by atoms with van der Waals surface area (Å²) < 4.78 is 5.73. The Balaban J connectivity index is 1.87. The molecule has 1 unspecified atom stereocenters. The topological polar surface area (TPSA) is 21.3 Å². The number of likely N-dealkylation sites (N-methyl/N-ethyl adjacent to an activating group) is 1. The molecule has 3 heteroatoms. The Kier molecular flexibility index (Phi) is 4.79. The van der Waals surface area contributed by atoms with E-state index in [4.69, 9.17) is 4.74 Å². The van der Waals surface area contributed by atoms with Crippen LogP contribution >= 0.6 is 11.3 Å². The molecule has 1 N–H and O–H groups in total. The molecule has 1 atom stereocenters. The van der Waals surface area contributed by atoms with Crippen molar-refractivity contribution in [3.63, 3.8) is 0 Å². The van der Waals surface area contributed by atoms with Crippen LogP contribution in [0, 0.1) is 0 Å². The van der Waals surface area contributed by atoms with Crippen molar-refractivity contribution in [3.8, 4) is 5.75 Å². The predicted molar refractivity (Wildman–Crippen MR) is 77.3 cm³/mol. The van der Waals surface area contributed by atoms with Gasteiger partial charge in [0.05, 0.1) is 0 Å². The average Bonchev–Trinajstić information content (AvgIpc) is 2.91. The summed E-state index contributed by atoms with van der Waals surface area (Å²) in [5.41, 5.74) is 2.56. The van der Waals surface area contributed by atoms with E-state index in [1.54, 1.807) is 11.3 Å². The third-order valence-electron chi connectivity index (χ3n) is 2.94. The Morgan fingerprint density at radius 1 is 1.17 bits per heavy atom. The molecule has 96 valence electrons. The highest BCUT2D eigenvalue weighted by Gasteiger charge is 2.01. The fraction of sp³-hybridized carbons (Fsp3) is 0.333. The van der Waals surface area contributed by atoms with Gasteiger partial charge in [0, 0.05) is 6.04 Å². The third-order valence-corrected chi connectivity index (χ3v) is 3.68. The van der Waals surface area contributed by atoms with Gasteiger partial charge in [-0.2, -0.15) is 11.3 Å². The van der Waals surface area contributed by atoms with Crippen molar-refractivity contribution in [1.29, 1.82) is 0 Å². The minimum absolute atomic E-state index is 0.502. The van der Waals surface area contributed by atoms with Gasteiger partial charge in [0.1, 0.15) is 12.4 Å². The highest BCUT2D eigenvalue weighted by atomic mass is 32.1. The molecule has 0 saturated carbocycles. The van der Waals surface area contributed by atoms with E-state index in [1.165, 1.54) is 11.1 Å². The smallest absolute Gasteiger partial charge is 0.119 e. The van der Waals surface area contributed by atoms with Crippen LogP contribution in [0.15, 0.2) is 41.1 Å². The average molecular weight is 261 g/mol. The number of benzene rings is 1. The van der Waals surface area contributed by atoms with Gasteiger partial charge in [-0.3, -0.25) is 0 Å². The number of hydrogen-bond acceptors (Lipinski definition) is 3. The van der Waals surface area contributed by atoms with Crippen LogP contribution < -0.4 is 10.1 Å². The van der Waals surface area contributed by atoms with E-state index < -0.39 is 0 Å². The molecule has 0 fully saturated rings. The molecule has 1 heterocycles. The molecule has 0 aliphatic carbocycles. The summed E-state index contributed by atoms with van der Waals surface area (Å²) in [6.07, 6.45) is 1.04. The van der Waals surface area contributed by atoms with Gasteiger partial charge in [0.15, 0.2) is 0 Å². The van der Waals surface area contributed by atoms with E-state index in [0.717, 1.165) is 12.2 Å². The number of hydrogen-bond donors (Lipinski definition) is 1. The normalized spacial score (nSPS) is 12.3. The van der Waals surface area contributed by atoms with Gasteiger partial charge < -0.3 is 10.1 Å². The second-order valence-corrected chi connectivity index (χ2v) is 5.24. The number of thiophene rings is 1. The van der Waals surface area contributed by atoms with E-state index in [2.05, 4.69) is 41.2 Å². The van der Waals surface area contributed by atoms with E-state index in [0.29, 0.717) is 12.6 Å². The van der Waals surface area contributed by atoms with Gasteiger partial charge in [-0.05, 0) is 60.5 Å². The van der Waals surface area contributed by atoms with Crippen LogP contribution in [-0.2, 0) is 13.0 Å². The first-order valence-corrected chi connectivity index (χ1v) is 7.12. The maximum atomic E-state index is 5.73. The molecule has 1 aromatic carbocycles. The number of nitrogens with one attached hydrogen (secondary N) is 1. The van der Waals surface area contributed by atoms with E-state index in [1.807, 2.05) is 19.2 Å². The van der Waals surface area contributed by atoms with Gasteiger partial charge >= 0.3 is 0 Å². The lowest BCUT2D eigenvalue weighted by Gasteiger charge is -2.10. The predicted octanol–water partition coefficient (Wildman–Crippen LogP) is 3.48. The van der Waals surface area contributed by atoms with Gasteiger partial charge in [0.2, 0.25) is 0 Å². The van der Waals surface area contributed by atoms with Crippen molar-refractivity contribution in [2.24, 2.45) is 0 Å². The van der Waals surface area contributed by atoms with Crippen molar-refractivity contribution in [1.82, 2.24) is 5.32 Å². The standard InChI is InChI=1S/C15H19NOS/c1-12(16-2)9-13-3-5-15(6-4-13)17-10-14-7-8-18-11-14/h3-8,11-12,16H,9-10H2,1-2H3. The Hall–Kier alpha value is -1.32. The van der Waals surface area contributed by atoms with Gasteiger partial charge in [0.25, 0.3) is 0 Å². The quantitative estimate of drug-likeness (QED) is 0.859. The Morgan fingerprint density at radius 3 is 2.56 bits per heavy atom. The molecular formula is C15H19NOS. The largest absolute Gasteiger partial charge is 0.489 e. The van der Waals surface area contributed by atoms with Crippen molar-refractivity contribution < 1.29 is 4.74 Å². The highest BCUT2D eigenvalue weighted by molar-refractivity contribution is 7.07. The monoisotopic (exact) mass is 261 g/mol. The molecule has 0 radical (unpaired) electrons. The minimum atomic E-state index is 0.502. The van der Waals surface area contributed by atoms with Crippen LogP contribution in [0.5, 0.6) is 5.75 Å². The maximum absolute atomic E-state index is 5.73. The van der Waals surface area contributed by atoms with E-state index in [9.17, 15) is 0 Å². The van der Waals surface area contributed by atoms with Crippen molar-refractivity contribution in [3.05, 3.63) is 52.2 Å². The van der Waals surface area contributed by atoms with Crippen LogP contribution in [0.25, 0.3) is 0 Å². The lowest BCUT2D eigenvalue weighted by Crippen LogP contribution is -2.23. The number of rotatable bonds is 6. The van der Waals surface area contributed by atoms with Crippen LogP contribution in [0.4, 0.5) is 0 Å². The molecule has 2 aromatic rings. The fourth-order valence-electron chi connectivity index (χ4n) is 1.72. The Morgan fingerprint density at radius 2 is 1.94 bits per heavy atom. The molecule has 0 aliphatic rings. The zero-order chi connectivity index (χ0) is 12.8. The van der Waals surface area contributed by atoms with Gasteiger partial charge in [-0.25, -0.2) is 0 Å². The lowest BCUT2D eigenvalue weighted by molar-refractivity contribution is 0.306. The van der Waals surface area contributed by atoms with Crippen LogP contribution in [0.3, 0.4) is 0 Å². The summed E-state index contributed by atoms with van der Waals surface area (Å²) in [7, 11) is 1.99. The second-order valence-electron chi connectivity index (χ2n) is 4.46. The highest BCUT2D eigenvalue weighted by Crippen LogP contribution is 2.16. The van der Waals surface area contributed by atoms with Crippen LogP contribution in [0.2, 0.25) is 0 Å². The first kappa shape index (κ1) is 13.1. The summed E-state index contributed by atoms with van der Waals surface area (Å²) in [5.74, 6) is 0.932. The summed E-state index contributed by atoms with van der Waals surface area (Å²) in [4.78, 5) is 0. The molecule has 0 saturated heterocycles. The molecule has 0 bridgehead atoms. The zero-order valence-corrected chi connectivity index (χ0v) is 11.7. The molecule has 0 aliphatic heterocycles. The van der Waals surface area contributed by atoms with Gasteiger partial charge in [-0.15, -0.1) is 0 Å². The Bertz CT molecular complexity index is 450. The Labute approximate surface area is 113 Å². The molecule has 18 heavy (non-hydrogen) atoms. The fourth-order valence-corrected chi connectivity index (χ4v) is 2.37. The van der Waals surface area contributed by atoms with Crippen molar-refractivity contribution in [2.75, 3.05) is 7.05 Å². The molecule has 2 rings (SSSR count). The lowest BCUT2D eigenvalue weighted by atomic mass is 10.1. The molecular weight excluding hydrogens is 242 g/mol. The third kappa shape index (κ3) is 3.86. The number of ether oxygens (including phenoxy) is 1. The van der Waals surface area contributed by atoms with Crippen molar-refractivity contribution >= 4 is 11.3 Å². The molecule has 0 amide bonds. The SMILES string of the molecule is CNC(C)Cc1ccc(OCc2ccsc2)cc1. The summed E-state index contributed by atoms with van der Waals surface area (Å²) in [5, 5.41) is 7.43. The molecule has 2 nitrogen and oxygen atoms in total. The summed E-state index contributed by atoms with van der Waals surface area (Å²) in [6.45, 7) is 2.83. The molecule has 1 aromatic heterocycles.